The van der Waals surface area contributed by atoms with Gasteiger partial charge in [0.1, 0.15) is 0 Å². The van der Waals surface area contributed by atoms with Gasteiger partial charge in [0.15, 0.2) is 0 Å². The van der Waals surface area contributed by atoms with Gasteiger partial charge in [-0.05, 0) is 32.7 Å². The second-order valence-electron chi connectivity index (χ2n) is 6.37. The van der Waals surface area contributed by atoms with Crippen LogP contribution in [0.1, 0.15) is 40.0 Å². The van der Waals surface area contributed by atoms with Crippen LogP contribution in [0.2, 0.25) is 0 Å². The lowest BCUT2D eigenvalue weighted by molar-refractivity contribution is -0.134. The molecule has 0 N–H and O–H groups in total. The highest BCUT2D eigenvalue weighted by Gasteiger charge is 2.43. The summed E-state index contributed by atoms with van der Waals surface area (Å²) in [5.41, 5.74) is 0.347. The van der Waals surface area contributed by atoms with Crippen LogP contribution in [0.15, 0.2) is 0 Å². The van der Waals surface area contributed by atoms with Crippen LogP contribution in [0, 0.1) is 11.3 Å². The van der Waals surface area contributed by atoms with Gasteiger partial charge in [-0.15, -0.1) is 0 Å². The molecule has 2 saturated heterocycles. The van der Waals surface area contributed by atoms with Crippen molar-refractivity contribution in [2.45, 2.75) is 45.4 Å². The molecule has 2 atom stereocenters. The zero-order valence-corrected chi connectivity index (χ0v) is 12.7. The van der Waals surface area contributed by atoms with E-state index in [4.69, 9.17) is 0 Å². The molecular formula is C14H26N2OS. The highest BCUT2D eigenvalue weighted by atomic mass is 32.1. The zero-order valence-electron chi connectivity index (χ0n) is 11.9. The van der Waals surface area contributed by atoms with Crippen LogP contribution < -0.4 is 0 Å². The van der Waals surface area contributed by atoms with Crippen LogP contribution >= 0.6 is 12.6 Å². The van der Waals surface area contributed by atoms with Gasteiger partial charge in [0.2, 0.25) is 5.91 Å². The number of hydrogen-bond donors (Lipinski definition) is 1. The standard InChI is InChI=1S/C14H26N2OS/c1-11(2)13(17)16-8-6-14(10-16)5-4-7-15(9-14)12(3)18/h11-12,18H,4-10H2,1-3H3. The van der Waals surface area contributed by atoms with E-state index in [0.29, 0.717) is 16.7 Å². The van der Waals surface area contributed by atoms with Crippen molar-refractivity contribution in [3.63, 3.8) is 0 Å². The van der Waals surface area contributed by atoms with Crippen molar-refractivity contribution in [2.24, 2.45) is 11.3 Å². The molecule has 0 saturated carbocycles. The largest absolute Gasteiger partial charge is 0.342 e. The van der Waals surface area contributed by atoms with Crippen molar-refractivity contribution < 1.29 is 4.79 Å². The average Bonchev–Trinajstić information content (AvgIpc) is 2.72. The Morgan fingerprint density at radius 2 is 1.89 bits per heavy atom. The number of piperidine rings is 1. The van der Waals surface area contributed by atoms with Crippen LogP contribution in [0.3, 0.4) is 0 Å². The Kier molecular flexibility index (Phi) is 4.27. The minimum atomic E-state index is 0.128. The first-order valence-electron chi connectivity index (χ1n) is 7.14. The molecule has 0 aromatic carbocycles. The van der Waals surface area contributed by atoms with Gasteiger partial charge < -0.3 is 4.90 Å². The number of carbonyl (C=O) groups excluding carboxylic acids is 1. The molecule has 3 nitrogen and oxygen atoms in total. The molecule has 2 aliphatic rings. The molecule has 0 aliphatic carbocycles. The summed E-state index contributed by atoms with van der Waals surface area (Å²) in [6.45, 7) is 10.3. The lowest BCUT2D eigenvalue weighted by atomic mass is 9.79. The van der Waals surface area contributed by atoms with Gasteiger partial charge in [-0.25, -0.2) is 0 Å². The topological polar surface area (TPSA) is 23.6 Å². The van der Waals surface area contributed by atoms with E-state index in [2.05, 4.69) is 29.4 Å². The fourth-order valence-corrected chi connectivity index (χ4v) is 3.58. The molecule has 4 heteroatoms. The SMILES string of the molecule is CC(C)C(=O)N1CCC2(CCCN(C(C)S)C2)C1. The number of thiol groups is 1. The number of amides is 1. The van der Waals surface area contributed by atoms with E-state index >= 15 is 0 Å². The van der Waals surface area contributed by atoms with Crippen molar-refractivity contribution in [2.75, 3.05) is 26.2 Å². The maximum absolute atomic E-state index is 12.1. The average molecular weight is 270 g/mol. The molecule has 2 unspecified atom stereocenters. The van der Waals surface area contributed by atoms with Crippen LogP contribution in [-0.4, -0.2) is 47.3 Å². The normalized spacial score (nSPS) is 31.3. The molecule has 0 aromatic rings. The van der Waals surface area contributed by atoms with Crippen LogP contribution in [0.5, 0.6) is 0 Å². The van der Waals surface area contributed by atoms with Gasteiger partial charge in [0.25, 0.3) is 0 Å². The lowest BCUT2D eigenvalue weighted by Gasteiger charge is -2.42. The first-order valence-corrected chi connectivity index (χ1v) is 7.66. The number of hydrogen-bond acceptors (Lipinski definition) is 3. The van der Waals surface area contributed by atoms with Gasteiger partial charge in [-0.2, -0.15) is 12.6 Å². The van der Waals surface area contributed by atoms with E-state index in [9.17, 15) is 4.79 Å². The molecule has 18 heavy (non-hydrogen) atoms. The van der Waals surface area contributed by atoms with Crippen LogP contribution in [-0.2, 0) is 4.79 Å². The van der Waals surface area contributed by atoms with Gasteiger partial charge >= 0.3 is 0 Å². The number of carbonyl (C=O) groups is 1. The minimum absolute atomic E-state index is 0.128. The third kappa shape index (κ3) is 2.85. The Balaban J connectivity index is 2.00. The highest BCUT2D eigenvalue weighted by Crippen LogP contribution is 2.40. The van der Waals surface area contributed by atoms with E-state index in [1.54, 1.807) is 0 Å². The van der Waals surface area contributed by atoms with E-state index in [0.717, 1.165) is 26.2 Å². The molecule has 104 valence electrons. The summed E-state index contributed by atoms with van der Waals surface area (Å²) in [4.78, 5) is 16.6. The third-order valence-corrected chi connectivity index (χ3v) is 4.79. The van der Waals surface area contributed by atoms with E-state index < -0.39 is 0 Å². The predicted molar refractivity (Wildman–Crippen MR) is 77.7 cm³/mol. The van der Waals surface area contributed by atoms with Crippen molar-refractivity contribution >= 4 is 18.5 Å². The van der Waals surface area contributed by atoms with E-state index in [-0.39, 0.29) is 5.92 Å². The quantitative estimate of drug-likeness (QED) is 0.778. The van der Waals surface area contributed by atoms with Crippen molar-refractivity contribution in [1.82, 2.24) is 9.80 Å². The molecule has 2 aliphatic heterocycles. The van der Waals surface area contributed by atoms with Gasteiger partial charge in [-0.1, -0.05) is 13.8 Å². The first-order chi connectivity index (χ1) is 8.43. The second-order valence-corrected chi connectivity index (χ2v) is 7.12. The first kappa shape index (κ1) is 14.2. The molecule has 0 aromatic heterocycles. The van der Waals surface area contributed by atoms with Crippen molar-refractivity contribution in [3.8, 4) is 0 Å². The Morgan fingerprint density at radius 3 is 2.50 bits per heavy atom. The predicted octanol–water partition coefficient (Wildman–Crippen LogP) is 2.23. The number of nitrogens with zero attached hydrogens (tertiary/aromatic N) is 2. The van der Waals surface area contributed by atoms with Gasteiger partial charge in [0, 0.05) is 36.3 Å². The summed E-state index contributed by atoms with van der Waals surface area (Å²) in [6.07, 6.45) is 3.68. The second kappa shape index (κ2) is 5.41. The Labute approximate surface area is 116 Å². The zero-order chi connectivity index (χ0) is 13.3. The third-order valence-electron chi connectivity index (χ3n) is 4.46. The van der Waals surface area contributed by atoms with Crippen LogP contribution in [0.4, 0.5) is 0 Å². The van der Waals surface area contributed by atoms with Crippen molar-refractivity contribution in [1.29, 1.82) is 0 Å². The maximum atomic E-state index is 12.1. The summed E-state index contributed by atoms with van der Waals surface area (Å²) in [6, 6.07) is 0. The minimum Gasteiger partial charge on any atom is -0.342 e. The fourth-order valence-electron chi connectivity index (χ4n) is 3.39. The molecule has 0 radical (unpaired) electrons. The van der Waals surface area contributed by atoms with Gasteiger partial charge in [0.05, 0.1) is 0 Å². The molecule has 1 amide bonds. The summed E-state index contributed by atoms with van der Waals surface area (Å²) in [7, 11) is 0. The van der Waals surface area contributed by atoms with Gasteiger partial charge in [-0.3, -0.25) is 9.69 Å². The molecule has 2 heterocycles. The fraction of sp³-hybridized carbons (Fsp3) is 0.929. The summed E-state index contributed by atoms with van der Waals surface area (Å²) in [5, 5.41) is 0.331. The molecular weight excluding hydrogens is 244 g/mol. The Morgan fingerprint density at radius 1 is 1.17 bits per heavy atom. The van der Waals surface area contributed by atoms with E-state index in [1.807, 2.05) is 13.8 Å². The van der Waals surface area contributed by atoms with E-state index in [1.165, 1.54) is 19.3 Å². The Hall–Kier alpha value is -0.220. The summed E-state index contributed by atoms with van der Waals surface area (Å²) < 4.78 is 0. The lowest BCUT2D eigenvalue weighted by Crippen LogP contribution is -2.47. The molecule has 0 bridgehead atoms. The smallest absolute Gasteiger partial charge is 0.225 e. The summed E-state index contributed by atoms with van der Waals surface area (Å²) in [5.74, 6) is 0.451. The molecule has 2 fully saturated rings. The number of likely N-dealkylation sites (tertiary alicyclic amines) is 2. The van der Waals surface area contributed by atoms with Crippen molar-refractivity contribution in [3.05, 3.63) is 0 Å². The monoisotopic (exact) mass is 270 g/mol. The highest BCUT2D eigenvalue weighted by molar-refractivity contribution is 7.80. The number of rotatable bonds is 2. The molecule has 2 rings (SSSR count). The van der Waals surface area contributed by atoms with Crippen LogP contribution in [0.25, 0.3) is 0 Å². The summed E-state index contributed by atoms with van der Waals surface area (Å²) >= 11 is 4.56. The Bertz CT molecular complexity index is 319. The molecule has 1 spiro atoms. The maximum Gasteiger partial charge on any atom is 0.225 e.